The second kappa shape index (κ2) is 8.96. The van der Waals surface area contributed by atoms with Crippen LogP contribution in [0.3, 0.4) is 0 Å². The molecule has 3 aromatic rings. The van der Waals surface area contributed by atoms with Crippen LogP contribution in [0.15, 0.2) is 71.6 Å². The van der Waals surface area contributed by atoms with Crippen molar-refractivity contribution >= 4 is 21.4 Å². The average molecular weight is 450 g/mol. The summed E-state index contributed by atoms with van der Waals surface area (Å²) in [7, 11) is 0.414. The minimum atomic E-state index is -3.62. The molecule has 0 saturated heterocycles. The SMILES string of the molecule is Cc1ccc(S(=O)(=O)NC[C@@H](c2ccc(N(C)C)cc2)N2CCc3ccccc32)cc1C. The first-order valence-electron chi connectivity index (χ1n) is 10.9. The maximum Gasteiger partial charge on any atom is 0.240 e. The van der Waals surface area contributed by atoms with Crippen molar-refractivity contribution in [2.75, 3.05) is 37.0 Å². The van der Waals surface area contributed by atoms with Crippen LogP contribution in [-0.4, -0.2) is 35.6 Å². The Morgan fingerprint density at radius 1 is 0.969 bits per heavy atom. The van der Waals surface area contributed by atoms with Gasteiger partial charge in [-0.05, 0) is 72.9 Å². The number of rotatable bonds is 7. The number of para-hydroxylation sites is 1. The lowest BCUT2D eigenvalue weighted by atomic mass is 10.0. The molecule has 0 spiro atoms. The summed E-state index contributed by atoms with van der Waals surface area (Å²) < 4.78 is 29.1. The number of benzene rings is 3. The molecule has 6 heteroatoms. The summed E-state index contributed by atoms with van der Waals surface area (Å²) >= 11 is 0. The molecule has 0 aliphatic carbocycles. The predicted octanol–water partition coefficient (Wildman–Crippen LogP) is 4.45. The molecule has 1 heterocycles. The zero-order valence-electron chi connectivity index (χ0n) is 19.2. The molecular weight excluding hydrogens is 418 g/mol. The summed E-state index contributed by atoms with van der Waals surface area (Å²) in [6, 6.07) is 21.9. The minimum Gasteiger partial charge on any atom is -0.378 e. The van der Waals surface area contributed by atoms with Crippen LogP contribution in [0.1, 0.15) is 28.3 Å². The Hall–Kier alpha value is -2.83. The van der Waals surface area contributed by atoms with Crippen molar-refractivity contribution in [1.29, 1.82) is 0 Å². The molecular formula is C26H31N3O2S. The van der Waals surface area contributed by atoms with Crippen molar-refractivity contribution in [3.63, 3.8) is 0 Å². The minimum absolute atomic E-state index is 0.101. The molecule has 0 fully saturated rings. The van der Waals surface area contributed by atoms with Gasteiger partial charge in [-0.25, -0.2) is 13.1 Å². The third-order valence-electron chi connectivity index (χ3n) is 6.35. The summed E-state index contributed by atoms with van der Waals surface area (Å²) in [6.07, 6.45) is 0.965. The van der Waals surface area contributed by atoms with Crippen LogP contribution in [0.5, 0.6) is 0 Å². The highest BCUT2D eigenvalue weighted by Crippen LogP contribution is 2.35. The fraction of sp³-hybridized carbons (Fsp3) is 0.308. The summed E-state index contributed by atoms with van der Waals surface area (Å²) in [5, 5.41) is 0. The molecule has 1 atom stereocenters. The number of fused-ring (bicyclic) bond motifs is 1. The van der Waals surface area contributed by atoms with Gasteiger partial charge in [0.05, 0.1) is 10.9 Å². The van der Waals surface area contributed by atoms with E-state index in [9.17, 15) is 8.42 Å². The van der Waals surface area contributed by atoms with Gasteiger partial charge in [0, 0.05) is 38.6 Å². The van der Waals surface area contributed by atoms with Gasteiger partial charge in [-0.15, -0.1) is 0 Å². The quantitative estimate of drug-likeness (QED) is 0.579. The van der Waals surface area contributed by atoms with E-state index >= 15 is 0 Å². The topological polar surface area (TPSA) is 52.7 Å². The number of anilines is 2. The van der Waals surface area contributed by atoms with Gasteiger partial charge in [0.1, 0.15) is 0 Å². The monoisotopic (exact) mass is 449 g/mol. The molecule has 0 aromatic heterocycles. The average Bonchev–Trinajstić information content (AvgIpc) is 3.20. The fourth-order valence-corrected chi connectivity index (χ4v) is 5.37. The van der Waals surface area contributed by atoms with Crippen LogP contribution in [-0.2, 0) is 16.4 Å². The van der Waals surface area contributed by atoms with E-state index in [1.807, 2.05) is 40.1 Å². The Morgan fingerprint density at radius 2 is 1.69 bits per heavy atom. The van der Waals surface area contributed by atoms with Crippen LogP contribution >= 0.6 is 0 Å². The van der Waals surface area contributed by atoms with Gasteiger partial charge >= 0.3 is 0 Å². The number of hydrogen-bond acceptors (Lipinski definition) is 4. The van der Waals surface area contributed by atoms with Gasteiger partial charge in [0.25, 0.3) is 0 Å². The molecule has 0 radical (unpaired) electrons. The first-order valence-corrected chi connectivity index (χ1v) is 12.4. The smallest absolute Gasteiger partial charge is 0.240 e. The van der Waals surface area contributed by atoms with Gasteiger partial charge in [-0.1, -0.05) is 36.4 Å². The zero-order valence-corrected chi connectivity index (χ0v) is 20.0. The van der Waals surface area contributed by atoms with Crippen LogP contribution < -0.4 is 14.5 Å². The lowest BCUT2D eigenvalue weighted by Gasteiger charge is -2.31. The van der Waals surface area contributed by atoms with Crippen molar-refractivity contribution < 1.29 is 8.42 Å². The van der Waals surface area contributed by atoms with E-state index in [1.54, 1.807) is 12.1 Å². The first kappa shape index (κ1) is 22.4. The molecule has 0 unspecified atom stereocenters. The lowest BCUT2D eigenvalue weighted by molar-refractivity contribution is 0.563. The summed E-state index contributed by atoms with van der Waals surface area (Å²) in [5.74, 6) is 0. The van der Waals surface area contributed by atoms with Gasteiger partial charge < -0.3 is 9.80 Å². The third kappa shape index (κ3) is 4.52. The van der Waals surface area contributed by atoms with Crippen LogP contribution in [0, 0.1) is 13.8 Å². The molecule has 0 bridgehead atoms. The van der Waals surface area contributed by atoms with Gasteiger partial charge in [-0.3, -0.25) is 0 Å². The van der Waals surface area contributed by atoms with Crippen LogP contribution in [0.2, 0.25) is 0 Å². The van der Waals surface area contributed by atoms with E-state index in [-0.39, 0.29) is 6.04 Å². The van der Waals surface area contributed by atoms with Gasteiger partial charge in [0.2, 0.25) is 10.0 Å². The number of hydrogen-bond donors (Lipinski definition) is 1. The zero-order chi connectivity index (χ0) is 22.9. The molecule has 3 aromatic carbocycles. The van der Waals surface area contributed by atoms with Crippen molar-refractivity contribution in [2.24, 2.45) is 0 Å². The standard InChI is InChI=1S/C26H31N3O2S/c1-19-9-14-24(17-20(19)2)32(30,31)27-18-26(22-10-12-23(13-11-22)28(3)4)29-16-15-21-7-5-6-8-25(21)29/h5-14,17,26-27H,15-16,18H2,1-4H3/t26-/m0/s1. The predicted molar refractivity (Wildman–Crippen MR) is 132 cm³/mol. The van der Waals surface area contributed by atoms with Crippen molar-refractivity contribution in [3.05, 3.63) is 89.0 Å². The second-order valence-corrected chi connectivity index (χ2v) is 10.4. The summed E-state index contributed by atoms with van der Waals surface area (Å²) in [6.45, 7) is 5.08. The number of sulfonamides is 1. The molecule has 168 valence electrons. The van der Waals surface area contributed by atoms with Gasteiger partial charge in [0.15, 0.2) is 0 Å². The molecule has 1 N–H and O–H groups in total. The fourth-order valence-electron chi connectivity index (χ4n) is 4.24. The first-order chi connectivity index (χ1) is 15.3. The Balaban J connectivity index is 1.64. The van der Waals surface area contributed by atoms with Crippen molar-refractivity contribution in [3.8, 4) is 0 Å². The Bertz CT molecular complexity index is 1200. The van der Waals surface area contributed by atoms with E-state index in [0.717, 1.165) is 35.3 Å². The van der Waals surface area contributed by atoms with E-state index < -0.39 is 10.0 Å². The Morgan fingerprint density at radius 3 is 2.38 bits per heavy atom. The maximum absolute atomic E-state index is 13.1. The second-order valence-electron chi connectivity index (χ2n) is 8.67. The van der Waals surface area contributed by atoms with Crippen LogP contribution in [0.4, 0.5) is 11.4 Å². The number of nitrogens with zero attached hydrogens (tertiary/aromatic N) is 2. The number of aryl methyl sites for hydroxylation is 2. The highest BCUT2D eigenvalue weighted by atomic mass is 32.2. The Kier molecular flexibility index (Phi) is 6.26. The number of nitrogens with one attached hydrogen (secondary N) is 1. The highest BCUT2D eigenvalue weighted by Gasteiger charge is 2.28. The Labute approximate surface area is 191 Å². The highest BCUT2D eigenvalue weighted by molar-refractivity contribution is 7.89. The van der Waals surface area contributed by atoms with Gasteiger partial charge in [-0.2, -0.15) is 0 Å². The third-order valence-corrected chi connectivity index (χ3v) is 7.77. The lowest BCUT2D eigenvalue weighted by Crippen LogP contribution is -2.37. The molecule has 0 saturated carbocycles. The van der Waals surface area contributed by atoms with E-state index in [2.05, 4.69) is 57.0 Å². The molecule has 4 rings (SSSR count). The molecule has 5 nitrogen and oxygen atoms in total. The summed E-state index contributed by atoms with van der Waals surface area (Å²) in [4.78, 5) is 4.69. The van der Waals surface area contributed by atoms with Crippen molar-refractivity contribution in [2.45, 2.75) is 31.2 Å². The van der Waals surface area contributed by atoms with E-state index in [4.69, 9.17) is 0 Å². The molecule has 1 aliphatic rings. The summed E-state index contributed by atoms with van der Waals surface area (Å²) in [5.41, 5.74) is 6.74. The van der Waals surface area contributed by atoms with E-state index in [0.29, 0.717) is 11.4 Å². The van der Waals surface area contributed by atoms with E-state index in [1.165, 1.54) is 11.3 Å². The molecule has 32 heavy (non-hydrogen) atoms. The maximum atomic E-state index is 13.1. The normalized spacial score (nSPS) is 14.3. The molecule has 1 aliphatic heterocycles. The molecule has 0 amide bonds. The van der Waals surface area contributed by atoms with Crippen LogP contribution in [0.25, 0.3) is 0 Å². The van der Waals surface area contributed by atoms with Crippen molar-refractivity contribution in [1.82, 2.24) is 4.72 Å². The largest absolute Gasteiger partial charge is 0.378 e.